The van der Waals surface area contributed by atoms with Crippen molar-refractivity contribution in [1.29, 1.82) is 0 Å². The van der Waals surface area contributed by atoms with Crippen LogP contribution in [0.1, 0.15) is 52.5 Å². The smallest absolute Gasteiger partial charge is 0.249 e. The monoisotopic (exact) mass is 521 g/mol. The van der Waals surface area contributed by atoms with Crippen LogP contribution in [0.15, 0.2) is 41.5 Å². The number of aliphatic hydroxyl groups excluding tert-OH is 2. The molecule has 2 unspecified atom stereocenters. The van der Waals surface area contributed by atoms with Crippen LogP contribution in [0.25, 0.3) is 0 Å². The molecule has 7 nitrogen and oxygen atoms in total. The highest BCUT2D eigenvalue weighted by Gasteiger charge is 2.48. The van der Waals surface area contributed by atoms with E-state index in [1.165, 1.54) is 0 Å². The lowest BCUT2D eigenvalue weighted by atomic mass is 9.63. The molecule has 0 bridgehead atoms. The Bertz CT molecular complexity index is 985. The Kier molecular flexibility index (Phi) is 11.4. The average molecular weight is 522 g/mol. The third-order valence-corrected chi connectivity index (χ3v) is 6.68. The van der Waals surface area contributed by atoms with E-state index >= 15 is 0 Å². The average Bonchev–Trinajstić information content (AvgIpc) is 2.80. The lowest BCUT2D eigenvalue weighted by Gasteiger charge is -2.42. The summed E-state index contributed by atoms with van der Waals surface area (Å²) in [5.41, 5.74) is 5.81. The number of carbonyl (C=O) groups is 2. The number of primary amides is 1. The third kappa shape index (κ3) is 8.18. The van der Waals surface area contributed by atoms with Gasteiger partial charge in [-0.15, -0.1) is 0 Å². The van der Waals surface area contributed by atoms with Crippen LogP contribution >= 0.6 is 0 Å². The number of hydrogen-bond donors (Lipinski definition) is 4. The summed E-state index contributed by atoms with van der Waals surface area (Å²) in [4.78, 5) is 28.4. The number of nitrogens with two attached hydrogens (primary N) is 1. The molecule has 1 aromatic carbocycles. The molecular formula is C28H41F2N3O4. The van der Waals surface area contributed by atoms with Gasteiger partial charge < -0.3 is 26.2 Å². The highest BCUT2D eigenvalue weighted by Crippen LogP contribution is 2.44. The third-order valence-electron chi connectivity index (χ3n) is 6.68. The molecule has 0 radical (unpaired) electrons. The quantitative estimate of drug-likeness (QED) is 0.301. The number of aliphatic hydroxyl groups is 2. The number of nitrogens with one attached hydrogen (secondary N) is 1. The van der Waals surface area contributed by atoms with Crippen molar-refractivity contribution in [3.05, 3.63) is 58.7 Å². The summed E-state index contributed by atoms with van der Waals surface area (Å²) in [6.07, 6.45) is 2.99. The van der Waals surface area contributed by atoms with E-state index in [1.54, 1.807) is 30.9 Å². The lowest BCUT2D eigenvalue weighted by molar-refractivity contribution is -0.132. The molecule has 1 aliphatic rings. The van der Waals surface area contributed by atoms with Gasteiger partial charge in [0.15, 0.2) is 0 Å². The second kappa shape index (κ2) is 13.8. The number of allylic oxidation sites excluding steroid dienone is 2. The van der Waals surface area contributed by atoms with Gasteiger partial charge in [-0.05, 0) is 57.2 Å². The van der Waals surface area contributed by atoms with Crippen LogP contribution in [0.3, 0.4) is 0 Å². The molecule has 1 aliphatic carbocycles. The van der Waals surface area contributed by atoms with E-state index in [4.69, 9.17) is 5.73 Å². The first kappa shape index (κ1) is 30.6. The zero-order valence-corrected chi connectivity index (χ0v) is 22.3. The molecule has 5 N–H and O–H groups in total. The molecular weight excluding hydrogens is 480 g/mol. The van der Waals surface area contributed by atoms with E-state index in [2.05, 4.69) is 5.32 Å². The van der Waals surface area contributed by atoms with Crippen LogP contribution in [0.2, 0.25) is 0 Å². The molecule has 1 aromatic rings. The summed E-state index contributed by atoms with van der Waals surface area (Å²) >= 11 is 0. The van der Waals surface area contributed by atoms with E-state index in [-0.39, 0.29) is 37.4 Å². The van der Waals surface area contributed by atoms with E-state index in [0.717, 1.165) is 31.0 Å². The fourth-order valence-electron chi connectivity index (χ4n) is 5.14. The van der Waals surface area contributed by atoms with Crippen LogP contribution in [-0.2, 0) is 16.0 Å². The fraction of sp³-hybridized carbons (Fsp3) is 0.571. The predicted octanol–water partition coefficient (Wildman–Crippen LogP) is 2.85. The first-order valence-corrected chi connectivity index (χ1v) is 12.9. The van der Waals surface area contributed by atoms with E-state index in [1.807, 2.05) is 13.8 Å². The Morgan fingerprint density at radius 2 is 1.70 bits per heavy atom. The molecule has 0 heterocycles. The van der Waals surface area contributed by atoms with Crippen LogP contribution in [0.4, 0.5) is 8.78 Å². The lowest BCUT2D eigenvalue weighted by Crippen LogP contribution is -2.52. The topological polar surface area (TPSA) is 116 Å². The van der Waals surface area contributed by atoms with Crippen molar-refractivity contribution < 1.29 is 28.6 Å². The number of amides is 2. The Labute approximate surface area is 218 Å². The molecule has 206 valence electrons. The molecule has 0 saturated heterocycles. The summed E-state index contributed by atoms with van der Waals surface area (Å²) in [5.74, 6) is -3.39. The minimum Gasteiger partial charge on any atom is -0.392 e. The molecule has 37 heavy (non-hydrogen) atoms. The zero-order chi connectivity index (χ0) is 27.8. The highest BCUT2D eigenvalue weighted by molar-refractivity contribution is 5.96. The van der Waals surface area contributed by atoms with Crippen LogP contribution in [0, 0.1) is 23.0 Å². The normalized spacial score (nSPS) is 20.0. The number of benzene rings is 1. The molecule has 0 aliphatic heterocycles. The molecule has 2 amide bonds. The van der Waals surface area contributed by atoms with E-state index in [0.29, 0.717) is 24.2 Å². The first-order valence-electron chi connectivity index (χ1n) is 12.9. The Morgan fingerprint density at radius 3 is 2.22 bits per heavy atom. The van der Waals surface area contributed by atoms with Crippen LogP contribution in [-0.4, -0.2) is 65.3 Å². The summed E-state index contributed by atoms with van der Waals surface area (Å²) in [7, 11) is 0. The number of carbonyl (C=O) groups excluding carboxylic acids is 2. The predicted molar refractivity (Wildman–Crippen MR) is 139 cm³/mol. The van der Waals surface area contributed by atoms with E-state index in [9.17, 15) is 28.6 Å². The molecule has 4 atom stereocenters. The SMILES string of the molecule is CCCN(CCC)C(=O)C1=CC(C)=CC(C(N)=O)([C@H](Cc2cc(F)cc(F)c2)[C@@H](O)CNCC(C)O)C1. The molecule has 0 aromatic heterocycles. The second-order valence-corrected chi connectivity index (χ2v) is 10.1. The Morgan fingerprint density at radius 1 is 1.11 bits per heavy atom. The maximum absolute atomic E-state index is 14.0. The standard InChI is InChI=1S/C28H41F2N3O4/c1-5-7-33(8-6-2)26(36)21-9-18(3)14-28(15-21,27(31)37)24(25(35)17-32-16-19(4)34)12-20-10-22(29)13-23(30)11-20/h9-11,13-14,19,24-25,32,34-35H,5-8,12,15-17H2,1-4H3,(H2,31,37)/t19?,24-,25+,28?/m1/s1. The van der Waals surface area contributed by atoms with Gasteiger partial charge in [-0.1, -0.05) is 31.6 Å². The van der Waals surface area contributed by atoms with Gasteiger partial charge in [0.05, 0.1) is 17.6 Å². The molecule has 0 spiro atoms. The van der Waals surface area contributed by atoms with Gasteiger partial charge in [-0.3, -0.25) is 9.59 Å². The summed E-state index contributed by atoms with van der Waals surface area (Å²) in [5, 5.41) is 23.8. The van der Waals surface area contributed by atoms with E-state index < -0.39 is 41.1 Å². The van der Waals surface area contributed by atoms with Crippen molar-refractivity contribution in [2.75, 3.05) is 26.2 Å². The summed E-state index contributed by atoms with van der Waals surface area (Å²) in [6, 6.07) is 3.07. The van der Waals surface area contributed by atoms with Gasteiger partial charge in [0, 0.05) is 43.7 Å². The second-order valence-electron chi connectivity index (χ2n) is 10.1. The number of rotatable bonds is 14. The number of nitrogens with zero attached hydrogens (tertiary/aromatic N) is 1. The van der Waals surface area contributed by atoms with Crippen LogP contribution in [0.5, 0.6) is 0 Å². The highest BCUT2D eigenvalue weighted by atomic mass is 19.1. The Balaban J connectivity index is 2.54. The van der Waals surface area contributed by atoms with Gasteiger partial charge in [0.1, 0.15) is 11.6 Å². The fourth-order valence-corrected chi connectivity index (χ4v) is 5.14. The minimum absolute atomic E-state index is 0.0000701. The van der Waals surface area contributed by atoms with Crippen molar-refractivity contribution in [2.45, 2.75) is 65.6 Å². The molecule has 9 heteroatoms. The zero-order valence-electron chi connectivity index (χ0n) is 22.3. The maximum Gasteiger partial charge on any atom is 0.249 e. The summed E-state index contributed by atoms with van der Waals surface area (Å²) in [6.45, 7) is 8.63. The van der Waals surface area contributed by atoms with Crippen LogP contribution < -0.4 is 11.1 Å². The van der Waals surface area contributed by atoms with Gasteiger partial charge in [0.25, 0.3) is 0 Å². The van der Waals surface area contributed by atoms with Crippen molar-refractivity contribution >= 4 is 11.8 Å². The van der Waals surface area contributed by atoms with Crippen molar-refractivity contribution in [3.8, 4) is 0 Å². The molecule has 0 fully saturated rings. The summed E-state index contributed by atoms with van der Waals surface area (Å²) < 4.78 is 28.1. The van der Waals surface area contributed by atoms with Gasteiger partial charge >= 0.3 is 0 Å². The Hall–Kier alpha value is -2.62. The largest absolute Gasteiger partial charge is 0.392 e. The van der Waals surface area contributed by atoms with Gasteiger partial charge in [-0.25, -0.2) is 8.78 Å². The van der Waals surface area contributed by atoms with Crippen molar-refractivity contribution in [3.63, 3.8) is 0 Å². The van der Waals surface area contributed by atoms with Crippen molar-refractivity contribution in [1.82, 2.24) is 10.2 Å². The first-order chi connectivity index (χ1) is 17.4. The molecule has 2 rings (SSSR count). The molecule has 0 saturated carbocycles. The number of hydrogen-bond acceptors (Lipinski definition) is 5. The maximum atomic E-state index is 14.0. The minimum atomic E-state index is -1.48. The number of halogens is 2. The van der Waals surface area contributed by atoms with Crippen molar-refractivity contribution in [2.24, 2.45) is 17.1 Å². The van der Waals surface area contributed by atoms with Gasteiger partial charge in [-0.2, -0.15) is 0 Å². The van der Waals surface area contributed by atoms with Gasteiger partial charge in [0.2, 0.25) is 11.8 Å².